The van der Waals surface area contributed by atoms with Gasteiger partial charge in [-0.3, -0.25) is 4.79 Å². The maximum atomic E-state index is 12.7. The average molecular weight is 222 g/mol. The molecule has 0 radical (unpaired) electrons. The fourth-order valence-electron chi connectivity index (χ4n) is 2.02. The number of ether oxygens (including phenoxy) is 1. The highest BCUT2D eigenvalue weighted by Crippen LogP contribution is 2.28. The van der Waals surface area contributed by atoms with E-state index in [0.29, 0.717) is 12.2 Å². The molecule has 1 saturated heterocycles. The molecule has 1 fully saturated rings. The number of Topliss-reactive ketones (excluding diaryl/α,β-unsaturated/α-hetero) is 1. The molecule has 0 aliphatic carbocycles. The summed E-state index contributed by atoms with van der Waals surface area (Å²) in [7, 11) is 0. The van der Waals surface area contributed by atoms with Crippen molar-refractivity contribution in [1.29, 1.82) is 0 Å². The van der Waals surface area contributed by atoms with E-state index < -0.39 is 5.60 Å². The van der Waals surface area contributed by atoms with E-state index in [2.05, 4.69) is 0 Å². The second kappa shape index (κ2) is 4.34. The summed E-state index contributed by atoms with van der Waals surface area (Å²) in [6.45, 7) is 2.45. The first-order valence-electron chi connectivity index (χ1n) is 5.56. The highest BCUT2D eigenvalue weighted by molar-refractivity contribution is 6.02. The SMILES string of the molecule is CC1(C(=O)c2ccc(F)cc2)CCCCO1. The minimum Gasteiger partial charge on any atom is -0.367 e. The molecule has 0 N–H and O–H groups in total. The first kappa shape index (κ1) is 11.3. The van der Waals surface area contributed by atoms with Crippen molar-refractivity contribution in [1.82, 2.24) is 0 Å². The lowest BCUT2D eigenvalue weighted by Crippen LogP contribution is -2.41. The smallest absolute Gasteiger partial charge is 0.194 e. The second-order valence-electron chi connectivity index (χ2n) is 4.37. The van der Waals surface area contributed by atoms with Crippen LogP contribution in [-0.4, -0.2) is 18.0 Å². The van der Waals surface area contributed by atoms with Crippen LogP contribution in [0.1, 0.15) is 36.5 Å². The third-order valence-corrected chi connectivity index (χ3v) is 3.06. The topological polar surface area (TPSA) is 26.3 Å². The maximum Gasteiger partial charge on any atom is 0.194 e. The molecule has 2 nitrogen and oxygen atoms in total. The van der Waals surface area contributed by atoms with Crippen molar-refractivity contribution >= 4 is 5.78 Å². The number of hydrogen-bond donors (Lipinski definition) is 0. The van der Waals surface area contributed by atoms with Crippen LogP contribution in [0.3, 0.4) is 0 Å². The molecular formula is C13H15FO2. The Kier molecular flexibility index (Phi) is 3.06. The number of benzene rings is 1. The molecule has 1 aliphatic rings. The molecule has 1 aromatic carbocycles. The van der Waals surface area contributed by atoms with E-state index in [4.69, 9.17) is 4.74 Å². The van der Waals surface area contributed by atoms with E-state index in [1.165, 1.54) is 24.3 Å². The summed E-state index contributed by atoms with van der Waals surface area (Å²) < 4.78 is 18.3. The summed E-state index contributed by atoms with van der Waals surface area (Å²) in [4.78, 5) is 12.2. The Labute approximate surface area is 94.4 Å². The summed E-state index contributed by atoms with van der Waals surface area (Å²) in [5, 5.41) is 0. The van der Waals surface area contributed by atoms with Crippen molar-refractivity contribution in [2.75, 3.05) is 6.61 Å². The molecule has 86 valence electrons. The van der Waals surface area contributed by atoms with Crippen LogP contribution in [0, 0.1) is 5.82 Å². The van der Waals surface area contributed by atoms with Crippen molar-refractivity contribution in [2.24, 2.45) is 0 Å². The minimum absolute atomic E-state index is 0.0489. The number of hydrogen-bond acceptors (Lipinski definition) is 2. The lowest BCUT2D eigenvalue weighted by molar-refractivity contribution is -0.0426. The van der Waals surface area contributed by atoms with Crippen molar-refractivity contribution in [3.8, 4) is 0 Å². The molecule has 0 aromatic heterocycles. The molecule has 1 heterocycles. The zero-order valence-corrected chi connectivity index (χ0v) is 9.33. The van der Waals surface area contributed by atoms with Gasteiger partial charge in [0.2, 0.25) is 0 Å². The zero-order chi connectivity index (χ0) is 11.6. The van der Waals surface area contributed by atoms with Gasteiger partial charge in [-0.2, -0.15) is 0 Å². The number of carbonyl (C=O) groups excluding carboxylic acids is 1. The lowest BCUT2D eigenvalue weighted by Gasteiger charge is -2.32. The first-order chi connectivity index (χ1) is 7.62. The standard InChI is InChI=1S/C13H15FO2/c1-13(8-2-3-9-16-13)12(15)10-4-6-11(14)7-5-10/h4-7H,2-3,8-9H2,1H3. The summed E-state index contributed by atoms with van der Waals surface area (Å²) in [5.74, 6) is -0.376. The van der Waals surface area contributed by atoms with Gasteiger partial charge < -0.3 is 4.74 Å². The molecule has 1 unspecified atom stereocenters. The Hall–Kier alpha value is -1.22. The van der Waals surface area contributed by atoms with Crippen LogP contribution < -0.4 is 0 Å². The fourth-order valence-corrected chi connectivity index (χ4v) is 2.02. The Morgan fingerprint density at radius 1 is 1.31 bits per heavy atom. The maximum absolute atomic E-state index is 12.7. The van der Waals surface area contributed by atoms with Crippen LogP contribution in [0.4, 0.5) is 4.39 Å². The van der Waals surface area contributed by atoms with Gasteiger partial charge in [0.1, 0.15) is 11.4 Å². The minimum atomic E-state index is -0.726. The number of halogens is 1. The van der Waals surface area contributed by atoms with Crippen LogP contribution in [0.25, 0.3) is 0 Å². The Morgan fingerprint density at radius 2 is 2.00 bits per heavy atom. The number of carbonyl (C=O) groups is 1. The molecule has 16 heavy (non-hydrogen) atoms. The number of ketones is 1. The lowest BCUT2D eigenvalue weighted by atomic mass is 9.88. The molecule has 2 rings (SSSR count). The monoisotopic (exact) mass is 222 g/mol. The molecule has 0 saturated carbocycles. The van der Waals surface area contributed by atoms with Gasteiger partial charge in [0.15, 0.2) is 5.78 Å². The highest BCUT2D eigenvalue weighted by atomic mass is 19.1. The predicted octanol–water partition coefficient (Wildman–Crippen LogP) is 2.97. The average Bonchev–Trinajstić information content (AvgIpc) is 2.30. The van der Waals surface area contributed by atoms with Gasteiger partial charge in [-0.1, -0.05) is 0 Å². The third kappa shape index (κ3) is 2.14. The van der Waals surface area contributed by atoms with Crippen LogP contribution in [0.15, 0.2) is 24.3 Å². The van der Waals surface area contributed by atoms with E-state index in [0.717, 1.165) is 19.3 Å². The molecule has 1 aromatic rings. The molecule has 1 atom stereocenters. The van der Waals surface area contributed by atoms with E-state index in [1.54, 1.807) is 0 Å². The summed E-state index contributed by atoms with van der Waals surface area (Å²) >= 11 is 0. The molecular weight excluding hydrogens is 207 g/mol. The Bertz CT molecular complexity index is 377. The van der Waals surface area contributed by atoms with E-state index in [1.807, 2.05) is 6.92 Å². The molecule has 0 spiro atoms. The van der Waals surface area contributed by atoms with Gasteiger partial charge in [-0.05, 0) is 50.5 Å². The van der Waals surface area contributed by atoms with Gasteiger partial charge >= 0.3 is 0 Å². The van der Waals surface area contributed by atoms with Crippen molar-refractivity contribution in [3.63, 3.8) is 0 Å². The summed E-state index contributed by atoms with van der Waals surface area (Å²) in [5.41, 5.74) is -0.207. The summed E-state index contributed by atoms with van der Waals surface area (Å²) in [6.07, 6.45) is 2.75. The van der Waals surface area contributed by atoms with Gasteiger partial charge in [-0.25, -0.2) is 4.39 Å². The van der Waals surface area contributed by atoms with Crippen LogP contribution in [0.5, 0.6) is 0 Å². The predicted molar refractivity (Wildman–Crippen MR) is 58.9 cm³/mol. The van der Waals surface area contributed by atoms with Crippen molar-refractivity contribution in [3.05, 3.63) is 35.6 Å². The van der Waals surface area contributed by atoms with Crippen LogP contribution in [0.2, 0.25) is 0 Å². The molecule has 3 heteroatoms. The van der Waals surface area contributed by atoms with Gasteiger partial charge in [0.05, 0.1) is 0 Å². The van der Waals surface area contributed by atoms with Gasteiger partial charge in [-0.15, -0.1) is 0 Å². The number of rotatable bonds is 2. The van der Waals surface area contributed by atoms with Crippen molar-refractivity contribution in [2.45, 2.75) is 31.8 Å². The van der Waals surface area contributed by atoms with Crippen LogP contribution >= 0.6 is 0 Å². The second-order valence-corrected chi connectivity index (χ2v) is 4.37. The highest BCUT2D eigenvalue weighted by Gasteiger charge is 2.36. The molecule has 0 amide bonds. The largest absolute Gasteiger partial charge is 0.367 e. The molecule has 1 aliphatic heterocycles. The third-order valence-electron chi connectivity index (χ3n) is 3.06. The fraction of sp³-hybridized carbons (Fsp3) is 0.462. The zero-order valence-electron chi connectivity index (χ0n) is 9.33. The van der Waals surface area contributed by atoms with E-state index >= 15 is 0 Å². The Balaban J connectivity index is 2.20. The quantitative estimate of drug-likeness (QED) is 0.719. The molecule has 0 bridgehead atoms. The van der Waals surface area contributed by atoms with Gasteiger partial charge in [0.25, 0.3) is 0 Å². The van der Waals surface area contributed by atoms with Crippen LogP contribution in [-0.2, 0) is 4.74 Å². The van der Waals surface area contributed by atoms with E-state index in [9.17, 15) is 9.18 Å². The normalized spacial score (nSPS) is 25.4. The first-order valence-corrected chi connectivity index (χ1v) is 5.56. The van der Waals surface area contributed by atoms with E-state index in [-0.39, 0.29) is 11.6 Å². The Morgan fingerprint density at radius 3 is 2.56 bits per heavy atom. The van der Waals surface area contributed by atoms with Crippen molar-refractivity contribution < 1.29 is 13.9 Å². The summed E-state index contributed by atoms with van der Waals surface area (Å²) in [6, 6.07) is 5.64. The van der Waals surface area contributed by atoms with Gasteiger partial charge in [0, 0.05) is 12.2 Å².